The zero-order valence-electron chi connectivity index (χ0n) is 19.1. The lowest BCUT2D eigenvalue weighted by molar-refractivity contribution is 0.250. The maximum absolute atomic E-state index is 12.7. The highest BCUT2D eigenvalue weighted by atomic mass is 35.5. The van der Waals surface area contributed by atoms with Gasteiger partial charge in [-0.25, -0.2) is 4.79 Å². The van der Waals surface area contributed by atoms with E-state index in [1.54, 1.807) is 18.2 Å². The Balaban J connectivity index is 1.27. The molecule has 0 bridgehead atoms. The maximum Gasteiger partial charge on any atom is 0.328 e. The molecule has 1 N–H and O–H groups in total. The van der Waals surface area contributed by atoms with E-state index in [1.807, 2.05) is 11.8 Å². The van der Waals surface area contributed by atoms with Crippen LogP contribution in [0.3, 0.4) is 0 Å². The predicted molar refractivity (Wildman–Crippen MR) is 139 cm³/mol. The number of benzene rings is 2. The number of anilines is 1. The molecule has 8 heteroatoms. The average molecular weight is 487 g/mol. The first kappa shape index (κ1) is 23.9. The molecule has 0 unspecified atom stereocenters. The van der Waals surface area contributed by atoms with Crippen LogP contribution in [0.15, 0.2) is 56.9 Å². The van der Waals surface area contributed by atoms with Crippen LogP contribution in [-0.4, -0.2) is 52.9 Å². The van der Waals surface area contributed by atoms with Gasteiger partial charge < -0.3 is 9.88 Å². The Morgan fingerprint density at radius 2 is 1.76 bits per heavy atom. The molecule has 0 aliphatic carbocycles. The van der Waals surface area contributed by atoms with Crippen LogP contribution in [0.2, 0.25) is 5.02 Å². The Bertz CT molecular complexity index is 1200. The number of nitrogens with one attached hydrogen (secondary N) is 1. The molecule has 2 aromatic carbocycles. The van der Waals surface area contributed by atoms with Gasteiger partial charge in [0.1, 0.15) is 0 Å². The summed E-state index contributed by atoms with van der Waals surface area (Å²) in [7, 11) is 0. The van der Waals surface area contributed by atoms with E-state index in [0.29, 0.717) is 22.5 Å². The van der Waals surface area contributed by atoms with E-state index in [9.17, 15) is 9.59 Å². The maximum atomic E-state index is 12.7. The van der Waals surface area contributed by atoms with Crippen molar-refractivity contribution in [2.24, 2.45) is 0 Å². The fourth-order valence-corrected chi connectivity index (χ4v) is 5.42. The zero-order valence-corrected chi connectivity index (χ0v) is 20.6. The van der Waals surface area contributed by atoms with Gasteiger partial charge in [-0.15, -0.1) is 11.8 Å². The fraction of sp³-hybridized carbons (Fsp3) is 0.440. The van der Waals surface area contributed by atoms with E-state index >= 15 is 0 Å². The van der Waals surface area contributed by atoms with Gasteiger partial charge in [-0.3, -0.25) is 14.3 Å². The predicted octanol–water partition coefficient (Wildman–Crippen LogP) is 4.45. The molecular weight excluding hydrogens is 456 g/mol. The summed E-state index contributed by atoms with van der Waals surface area (Å²) < 4.78 is 1.30. The van der Waals surface area contributed by atoms with Crippen LogP contribution in [0, 0.1) is 0 Å². The minimum absolute atomic E-state index is 0.251. The summed E-state index contributed by atoms with van der Waals surface area (Å²) in [4.78, 5) is 34.2. The van der Waals surface area contributed by atoms with Crippen LogP contribution in [0.1, 0.15) is 26.2 Å². The molecule has 0 radical (unpaired) electrons. The van der Waals surface area contributed by atoms with Gasteiger partial charge in [0.25, 0.3) is 5.56 Å². The Morgan fingerprint density at radius 1 is 1.00 bits per heavy atom. The number of piperazine rings is 1. The number of fused-ring (bicyclic) bond motifs is 1. The van der Waals surface area contributed by atoms with Crippen LogP contribution < -0.4 is 16.1 Å². The molecule has 1 fully saturated rings. The Morgan fingerprint density at radius 3 is 2.55 bits per heavy atom. The average Bonchev–Trinajstić information content (AvgIpc) is 2.82. The van der Waals surface area contributed by atoms with Crippen LogP contribution in [0.4, 0.5) is 5.69 Å². The summed E-state index contributed by atoms with van der Waals surface area (Å²) in [5, 5.41) is 0.992. The van der Waals surface area contributed by atoms with Crippen LogP contribution in [0.25, 0.3) is 10.9 Å². The summed E-state index contributed by atoms with van der Waals surface area (Å²) in [5.74, 6) is 1.15. The van der Waals surface area contributed by atoms with Crippen molar-refractivity contribution in [1.29, 1.82) is 0 Å². The van der Waals surface area contributed by atoms with Crippen molar-refractivity contribution in [2.75, 3.05) is 43.4 Å². The second-order valence-electron chi connectivity index (χ2n) is 8.43. The Hall–Kier alpha value is -2.22. The third kappa shape index (κ3) is 5.83. The van der Waals surface area contributed by atoms with Crippen LogP contribution in [-0.2, 0) is 6.54 Å². The number of rotatable bonds is 9. The summed E-state index contributed by atoms with van der Waals surface area (Å²) in [6, 6.07) is 13.7. The Kier molecular flexibility index (Phi) is 8.17. The van der Waals surface area contributed by atoms with Gasteiger partial charge in [-0.2, -0.15) is 0 Å². The number of thioether (sulfide) groups is 1. The van der Waals surface area contributed by atoms with Crippen molar-refractivity contribution in [2.45, 2.75) is 37.6 Å². The number of hydrogen-bond acceptors (Lipinski definition) is 5. The number of aromatic nitrogens is 2. The molecule has 4 rings (SSSR count). The molecule has 1 aliphatic heterocycles. The number of hydrogen-bond donors (Lipinski definition) is 1. The first-order valence-electron chi connectivity index (χ1n) is 11.7. The molecule has 176 valence electrons. The lowest BCUT2D eigenvalue weighted by atomic mass is 10.2. The monoisotopic (exact) mass is 486 g/mol. The van der Waals surface area contributed by atoms with Gasteiger partial charge in [0.2, 0.25) is 0 Å². The van der Waals surface area contributed by atoms with Crippen molar-refractivity contribution in [1.82, 2.24) is 14.5 Å². The topological polar surface area (TPSA) is 61.3 Å². The molecule has 1 saturated heterocycles. The van der Waals surface area contributed by atoms with Crippen LogP contribution >= 0.6 is 23.4 Å². The molecule has 2 heterocycles. The molecular formula is C25H31ClN4O2S. The minimum Gasteiger partial charge on any atom is -0.368 e. The van der Waals surface area contributed by atoms with E-state index in [2.05, 4.69) is 46.0 Å². The second kappa shape index (κ2) is 11.3. The third-order valence-corrected chi connectivity index (χ3v) is 7.59. The minimum atomic E-state index is -0.372. The van der Waals surface area contributed by atoms with E-state index in [-0.39, 0.29) is 11.2 Å². The van der Waals surface area contributed by atoms with Crippen molar-refractivity contribution in [3.8, 4) is 0 Å². The normalized spacial score (nSPS) is 14.8. The number of H-pyrrole nitrogens is 1. The van der Waals surface area contributed by atoms with E-state index in [1.165, 1.54) is 21.6 Å². The molecule has 0 spiro atoms. The molecule has 0 amide bonds. The van der Waals surface area contributed by atoms with Gasteiger partial charge in [0, 0.05) is 42.6 Å². The number of unbranched alkanes of at least 4 members (excludes halogenated alkanes) is 1. The lowest BCUT2D eigenvalue weighted by Crippen LogP contribution is -2.46. The first-order chi connectivity index (χ1) is 16.1. The van der Waals surface area contributed by atoms with Gasteiger partial charge in [-0.05, 0) is 61.9 Å². The second-order valence-corrected chi connectivity index (χ2v) is 10.0. The lowest BCUT2D eigenvalue weighted by Gasteiger charge is -2.37. The van der Waals surface area contributed by atoms with Crippen molar-refractivity contribution in [3.63, 3.8) is 0 Å². The molecule has 0 saturated carbocycles. The number of nitrogens with zero attached hydrogens (tertiary/aromatic N) is 3. The fourth-order valence-electron chi connectivity index (χ4n) is 4.30. The zero-order chi connectivity index (χ0) is 23.2. The van der Waals surface area contributed by atoms with Gasteiger partial charge in [-0.1, -0.05) is 30.7 Å². The highest BCUT2D eigenvalue weighted by Crippen LogP contribution is 2.31. The van der Waals surface area contributed by atoms with Gasteiger partial charge in [0.15, 0.2) is 0 Å². The van der Waals surface area contributed by atoms with Crippen LogP contribution in [0.5, 0.6) is 0 Å². The molecule has 3 aromatic rings. The molecule has 33 heavy (non-hydrogen) atoms. The smallest absolute Gasteiger partial charge is 0.328 e. The molecule has 0 atom stereocenters. The van der Waals surface area contributed by atoms with Gasteiger partial charge >= 0.3 is 5.69 Å². The number of para-hydroxylation sites is 1. The highest BCUT2D eigenvalue weighted by molar-refractivity contribution is 7.99. The van der Waals surface area contributed by atoms with Crippen molar-refractivity contribution < 1.29 is 0 Å². The number of halogens is 1. The van der Waals surface area contributed by atoms with Crippen molar-refractivity contribution >= 4 is 40.0 Å². The SMILES string of the molecule is CCCSc1ccccc1N1CCN(CCCCn2c(=O)[nH]c3cc(Cl)ccc3c2=O)CC1. The first-order valence-corrected chi connectivity index (χ1v) is 13.0. The molecule has 1 aliphatic rings. The summed E-state index contributed by atoms with van der Waals surface area (Å²) >= 11 is 7.91. The van der Waals surface area contributed by atoms with E-state index in [4.69, 9.17) is 11.6 Å². The molecule has 1 aromatic heterocycles. The summed E-state index contributed by atoms with van der Waals surface area (Å²) in [5.41, 5.74) is 1.22. The standard InChI is InChI=1S/C25H31ClN4O2S/c1-2-17-33-23-8-4-3-7-22(23)29-15-13-28(14-16-29)11-5-6-12-30-24(31)20-10-9-19(26)18-21(20)27-25(30)32/h3-4,7-10,18H,2,5-6,11-17H2,1H3,(H,27,32). The summed E-state index contributed by atoms with van der Waals surface area (Å²) in [6.07, 6.45) is 2.92. The van der Waals surface area contributed by atoms with Crippen molar-refractivity contribution in [3.05, 3.63) is 68.3 Å². The quantitative estimate of drug-likeness (QED) is 0.357. The van der Waals surface area contributed by atoms with Gasteiger partial charge in [0.05, 0.1) is 16.6 Å². The third-order valence-electron chi connectivity index (χ3n) is 6.09. The molecule has 6 nitrogen and oxygen atoms in total. The highest BCUT2D eigenvalue weighted by Gasteiger charge is 2.19. The van der Waals surface area contributed by atoms with E-state index < -0.39 is 0 Å². The Labute approximate surface area is 203 Å². The largest absolute Gasteiger partial charge is 0.368 e. The summed E-state index contributed by atoms with van der Waals surface area (Å²) in [6.45, 7) is 7.74. The number of aromatic amines is 1. The van der Waals surface area contributed by atoms with E-state index in [0.717, 1.165) is 51.3 Å².